The molecular formula is C24H41N3O6. The molecular weight excluding hydrogens is 426 g/mol. The van der Waals surface area contributed by atoms with Crippen molar-refractivity contribution in [3.05, 3.63) is 36.5 Å². The van der Waals surface area contributed by atoms with Gasteiger partial charge >= 0.3 is 0 Å². The van der Waals surface area contributed by atoms with Gasteiger partial charge in [-0.3, -0.25) is 14.4 Å². The zero-order chi connectivity index (χ0) is 25.1. The van der Waals surface area contributed by atoms with E-state index in [4.69, 9.17) is 14.2 Å². The molecule has 0 rings (SSSR count). The Bertz CT molecular complexity index is 625. The number of carbonyl (C=O) groups is 3. The van der Waals surface area contributed by atoms with E-state index in [1.807, 2.05) is 0 Å². The lowest BCUT2D eigenvalue weighted by molar-refractivity contribution is -0.118. The van der Waals surface area contributed by atoms with Crippen molar-refractivity contribution in [2.75, 3.05) is 52.7 Å². The lowest BCUT2D eigenvalue weighted by Crippen LogP contribution is -2.30. The van der Waals surface area contributed by atoms with Gasteiger partial charge in [-0.15, -0.1) is 0 Å². The Morgan fingerprint density at radius 1 is 0.636 bits per heavy atom. The summed E-state index contributed by atoms with van der Waals surface area (Å²) in [5.41, 5.74) is 1.41. The molecule has 0 aromatic rings. The number of carbonyl (C=O) groups excluding carboxylic acids is 3. The van der Waals surface area contributed by atoms with Crippen LogP contribution in [-0.2, 0) is 28.6 Å². The lowest BCUT2D eigenvalue weighted by atomic mass is 10.3. The van der Waals surface area contributed by atoms with E-state index in [1.54, 1.807) is 20.8 Å². The van der Waals surface area contributed by atoms with Crippen LogP contribution in [0.3, 0.4) is 0 Å². The smallest absolute Gasteiger partial charge is 0.246 e. The number of hydrogen-bond donors (Lipinski definition) is 3. The summed E-state index contributed by atoms with van der Waals surface area (Å²) in [5.74, 6) is -0.499. The topological polar surface area (TPSA) is 115 Å². The molecule has 0 aliphatic carbocycles. The quantitative estimate of drug-likeness (QED) is 0.185. The Morgan fingerprint density at radius 2 is 0.970 bits per heavy atom. The predicted octanol–water partition coefficient (Wildman–Crippen LogP) is 1.65. The lowest BCUT2D eigenvalue weighted by Gasteiger charge is -2.19. The van der Waals surface area contributed by atoms with Crippen LogP contribution < -0.4 is 16.0 Å². The van der Waals surface area contributed by atoms with Gasteiger partial charge in [0, 0.05) is 56.2 Å². The average Bonchev–Trinajstić information content (AvgIpc) is 2.76. The highest BCUT2D eigenvalue weighted by Crippen LogP contribution is 1.99. The van der Waals surface area contributed by atoms with Crippen molar-refractivity contribution in [2.24, 2.45) is 0 Å². The third-order valence-corrected chi connectivity index (χ3v) is 4.23. The number of rotatable bonds is 20. The molecule has 0 aliphatic heterocycles. The molecule has 9 nitrogen and oxygen atoms in total. The third kappa shape index (κ3) is 17.7. The molecule has 3 N–H and O–H groups in total. The van der Waals surface area contributed by atoms with Crippen LogP contribution in [0.5, 0.6) is 0 Å². The maximum absolute atomic E-state index is 11.5. The summed E-state index contributed by atoms with van der Waals surface area (Å²) in [6.07, 6.45) is 1.72. The van der Waals surface area contributed by atoms with Gasteiger partial charge in [0.2, 0.25) is 17.7 Å². The van der Waals surface area contributed by atoms with E-state index < -0.39 is 0 Å². The molecule has 0 fully saturated rings. The van der Waals surface area contributed by atoms with Gasteiger partial charge in [0.1, 0.15) is 6.10 Å². The Labute approximate surface area is 198 Å². The minimum absolute atomic E-state index is 0.164. The van der Waals surface area contributed by atoms with E-state index in [2.05, 4.69) is 35.7 Å². The molecule has 0 atom stereocenters. The molecule has 0 spiro atoms. The summed E-state index contributed by atoms with van der Waals surface area (Å²) in [5, 5.41) is 8.27. The largest absolute Gasteiger partial charge is 0.379 e. The van der Waals surface area contributed by atoms with E-state index in [0.717, 1.165) is 0 Å². The highest BCUT2D eigenvalue weighted by atomic mass is 16.6. The van der Waals surface area contributed by atoms with Gasteiger partial charge in [-0.25, -0.2) is 0 Å². The van der Waals surface area contributed by atoms with Crippen molar-refractivity contribution >= 4 is 17.7 Å². The summed E-state index contributed by atoms with van der Waals surface area (Å²) < 4.78 is 17.2. The average molecular weight is 468 g/mol. The van der Waals surface area contributed by atoms with E-state index in [-0.39, 0.29) is 23.8 Å². The van der Waals surface area contributed by atoms with E-state index >= 15 is 0 Å². The van der Waals surface area contributed by atoms with Gasteiger partial charge in [-0.2, -0.15) is 0 Å². The molecule has 0 unspecified atom stereocenters. The molecule has 0 bridgehead atoms. The summed E-state index contributed by atoms with van der Waals surface area (Å²) in [4.78, 5) is 34.4. The number of hydrogen-bond acceptors (Lipinski definition) is 6. The van der Waals surface area contributed by atoms with Gasteiger partial charge in [-0.05, 0) is 40.0 Å². The summed E-state index contributed by atoms with van der Waals surface area (Å²) in [6, 6.07) is 0. The molecule has 0 saturated heterocycles. The maximum atomic E-state index is 11.5. The monoisotopic (exact) mass is 467 g/mol. The van der Waals surface area contributed by atoms with Crippen LogP contribution in [0.25, 0.3) is 0 Å². The first-order valence-corrected chi connectivity index (χ1v) is 11.2. The molecule has 9 heteroatoms. The van der Waals surface area contributed by atoms with Gasteiger partial charge < -0.3 is 30.2 Å². The van der Waals surface area contributed by atoms with Gasteiger partial charge in [0.05, 0.1) is 13.2 Å². The summed E-state index contributed by atoms with van der Waals surface area (Å²) in [6.45, 7) is 19.3. The Morgan fingerprint density at radius 3 is 1.30 bits per heavy atom. The van der Waals surface area contributed by atoms with Crippen LogP contribution in [0.1, 0.15) is 40.0 Å². The highest BCUT2D eigenvalue weighted by Gasteiger charge is 2.11. The second-order valence-electron chi connectivity index (χ2n) is 7.81. The van der Waals surface area contributed by atoms with E-state index in [9.17, 15) is 14.4 Å². The van der Waals surface area contributed by atoms with Crippen molar-refractivity contribution in [3.63, 3.8) is 0 Å². The first-order valence-electron chi connectivity index (χ1n) is 11.2. The zero-order valence-corrected chi connectivity index (χ0v) is 20.4. The van der Waals surface area contributed by atoms with Crippen LogP contribution in [0.15, 0.2) is 36.5 Å². The van der Waals surface area contributed by atoms with Gasteiger partial charge in [0.25, 0.3) is 0 Å². The minimum atomic E-state index is -0.267. The molecule has 0 heterocycles. The fraction of sp³-hybridized carbons (Fsp3) is 0.625. The molecule has 0 aliphatic rings. The van der Waals surface area contributed by atoms with Crippen LogP contribution in [-0.4, -0.2) is 76.5 Å². The van der Waals surface area contributed by atoms with Crippen molar-refractivity contribution in [1.82, 2.24) is 16.0 Å². The van der Waals surface area contributed by atoms with E-state index in [0.29, 0.717) is 88.7 Å². The predicted molar refractivity (Wildman–Crippen MR) is 129 cm³/mol. The van der Waals surface area contributed by atoms with Crippen LogP contribution in [0, 0.1) is 0 Å². The SMILES string of the molecule is C=C(C)C(=O)NCCCOCC(COCCCNC(=O)C(=C)C)OCCCNC(=O)C(=C)C. The Kier molecular flexibility index (Phi) is 17.6. The summed E-state index contributed by atoms with van der Waals surface area (Å²) in [7, 11) is 0. The molecule has 0 aromatic carbocycles. The molecule has 188 valence electrons. The van der Waals surface area contributed by atoms with Crippen molar-refractivity contribution < 1.29 is 28.6 Å². The van der Waals surface area contributed by atoms with Crippen molar-refractivity contribution in [2.45, 2.75) is 46.1 Å². The molecule has 0 saturated carbocycles. The fourth-order valence-corrected chi connectivity index (χ4v) is 2.30. The maximum Gasteiger partial charge on any atom is 0.246 e. The van der Waals surface area contributed by atoms with Crippen LogP contribution >= 0.6 is 0 Å². The van der Waals surface area contributed by atoms with Crippen LogP contribution in [0.2, 0.25) is 0 Å². The second kappa shape index (κ2) is 19.0. The second-order valence-corrected chi connectivity index (χ2v) is 7.81. The van der Waals surface area contributed by atoms with E-state index in [1.165, 1.54) is 0 Å². The molecule has 33 heavy (non-hydrogen) atoms. The standard InChI is InChI=1S/C24H41N3O6/c1-18(2)22(28)25-10-7-13-31-16-21(33-15-9-12-27-24(30)20(5)6)17-32-14-8-11-26-23(29)19(3)4/h21H,1,3,5,7-17H2,2,4,6H3,(H,25,28)(H,26,29)(H,27,30). The minimum Gasteiger partial charge on any atom is -0.379 e. The first kappa shape index (κ1) is 30.5. The Balaban J connectivity index is 4.18. The number of ether oxygens (including phenoxy) is 3. The van der Waals surface area contributed by atoms with Gasteiger partial charge in [-0.1, -0.05) is 19.7 Å². The zero-order valence-electron chi connectivity index (χ0n) is 20.4. The molecule has 0 aromatic heterocycles. The van der Waals surface area contributed by atoms with Gasteiger partial charge in [0.15, 0.2) is 0 Å². The highest BCUT2D eigenvalue weighted by molar-refractivity contribution is 5.92. The first-order chi connectivity index (χ1) is 15.6. The van der Waals surface area contributed by atoms with Crippen molar-refractivity contribution in [3.8, 4) is 0 Å². The van der Waals surface area contributed by atoms with Crippen LogP contribution in [0.4, 0.5) is 0 Å². The summed E-state index contributed by atoms with van der Waals surface area (Å²) >= 11 is 0. The molecule has 3 amide bonds. The van der Waals surface area contributed by atoms with Crippen molar-refractivity contribution in [1.29, 1.82) is 0 Å². The fourth-order valence-electron chi connectivity index (χ4n) is 2.30. The Hall–Kier alpha value is -2.49. The number of amides is 3. The third-order valence-electron chi connectivity index (χ3n) is 4.23. The normalized spacial score (nSPS) is 10.5. The molecule has 0 radical (unpaired) electrons. The number of nitrogens with one attached hydrogen (secondary N) is 3.